The summed E-state index contributed by atoms with van der Waals surface area (Å²) in [6.45, 7) is 8.32. The molecule has 0 aliphatic heterocycles. The van der Waals surface area contributed by atoms with Gasteiger partial charge in [-0.3, -0.25) is 0 Å². The summed E-state index contributed by atoms with van der Waals surface area (Å²) < 4.78 is 37.7. The van der Waals surface area contributed by atoms with Gasteiger partial charge in [0.2, 0.25) is 0 Å². The van der Waals surface area contributed by atoms with E-state index in [0.717, 1.165) is 23.3 Å². The van der Waals surface area contributed by atoms with Crippen LogP contribution in [0.3, 0.4) is 0 Å². The Labute approximate surface area is 140 Å². The number of alkyl halides is 3. The number of rotatable bonds is 3. The summed E-state index contributed by atoms with van der Waals surface area (Å²) in [7, 11) is 0. The quantitative estimate of drug-likeness (QED) is 0.712. The number of hydrogen-bond acceptors (Lipinski definition) is 2. The van der Waals surface area contributed by atoms with Crippen molar-refractivity contribution in [2.75, 3.05) is 5.32 Å². The van der Waals surface area contributed by atoms with Gasteiger partial charge in [0.1, 0.15) is 5.75 Å². The number of hydrogen-bond donors (Lipinski definition) is 2. The van der Waals surface area contributed by atoms with Gasteiger partial charge in [-0.2, -0.15) is 13.2 Å². The Bertz CT molecular complexity index is 713. The summed E-state index contributed by atoms with van der Waals surface area (Å²) in [4.78, 5) is 0. The highest BCUT2D eigenvalue weighted by Crippen LogP contribution is 2.37. The first kappa shape index (κ1) is 18.2. The number of nitrogens with one attached hydrogen (secondary N) is 1. The molecule has 0 aliphatic carbocycles. The zero-order valence-corrected chi connectivity index (χ0v) is 14.3. The van der Waals surface area contributed by atoms with Crippen LogP contribution in [0.25, 0.3) is 0 Å². The van der Waals surface area contributed by atoms with Gasteiger partial charge in [0.25, 0.3) is 0 Å². The molecule has 0 aromatic heterocycles. The molecular weight excluding hydrogens is 315 g/mol. The predicted octanol–water partition coefficient (Wildman–Crippen LogP) is 5.63. The lowest BCUT2D eigenvalue weighted by Crippen LogP contribution is -2.13. The van der Waals surface area contributed by atoms with E-state index in [4.69, 9.17) is 0 Å². The van der Waals surface area contributed by atoms with E-state index in [9.17, 15) is 18.3 Å². The number of phenolic OH excluding ortho intramolecular Hbond substituents is 1. The molecule has 0 heterocycles. The fourth-order valence-electron chi connectivity index (χ4n) is 2.49. The third kappa shape index (κ3) is 4.22. The third-order valence-corrected chi connectivity index (χ3v) is 3.83. The summed E-state index contributed by atoms with van der Waals surface area (Å²) in [6.07, 6.45) is -4.33. The van der Waals surface area contributed by atoms with Crippen molar-refractivity contribution in [3.8, 4) is 5.75 Å². The summed E-state index contributed by atoms with van der Waals surface area (Å²) >= 11 is 0. The Morgan fingerprint density at radius 3 is 2.08 bits per heavy atom. The van der Waals surface area contributed by atoms with Crippen molar-refractivity contribution in [3.05, 3.63) is 58.7 Å². The molecule has 0 aliphatic rings. The number of halogens is 3. The first-order chi connectivity index (χ1) is 11.0. The summed E-state index contributed by atoms with van der Waals surface area (Å²) in [5, 5.41) is 13.6. The van der Waals surface area contributed by atoms with Gasteiger partial charge in [-0.15, -0.1) is 0 Å². The number of aryl methyl sites for hydroxylation is 1. The molecular formula is C19H22F3NO. The van der Waals surface area contributed by atoms with E-state index in [1.54, 1.807) is 0 Å². The molecule has 2 rings (SSSR count). The highest BCUT2D eigenvalue weighted by Gasteiger charge is 2.29. The fourth-order valence-corrected chi connectivity index (χ4v) is 2.49. The molecule has 0 radical (unpaired) electrons. The number of phenols is 1. The van der Waals surface area contributed by atoms with Gasteiger partial charge in [0, 0.05) is 12.1 Å². The number of benzene rings is 2. The van der Waals surface area contributed by atoms with Crippen LogP contribution in [0.4, 0.5) is 18.9 Å². The molecule has 0 unspecified atom stereocenters. The molecule has 0 bridgehead atoms. The SMILES string of the molecule is Cc1cc(NCc2ccc(C(F)(F)F)cc2)c(O)c(C(C)(C)C)c1. The average Bonchev–Trinajstić information content (AvgIpc) is 2.46. The van der Waals surface area contributed by atoms with Crippen LogP contribution in [-0.2, 0) is 18.1 Å². The van der Waals surface area contributed by atoms with Crippen molar-refractivity contribution in [2.45, 2.75) is 45.8 Å². The smallest absolute Gasteiger partial charge is 0.416 e. The minimum absolute atomic E-state index is 0.181. The highest BCUT2D eigenvalue weighted by atomic mass is 19.4. The predicted molar refractivity (Wildman–Crippen MR) is 90.3 cm³/mol. The Kier molecular flexibility index (Phi) is 4.83. The zero-order chi connectivity index (χ0) is 18.1. The van der Waals surface area contributed by atoms with Gasteiger partial charge in [-0.1, -0.05) is 39.0 Å². The molecule has 0 amide bonds. The first-order valence-electron chi connectivity index (χ1n) is 7.72. The Hall–Kier alpha value is -2.17. The highest BCUT2D eigenvalue weighted by molar-refractivity contribution is 5.62. The maximum absolute atomic E-state index is 12.6. The van der Waals surface area contributed by atoms with Crippen molar-refractivity contribution in [3.63, 3.8) is 0 Å². The lowest BCUT2D eigenvalue weighted by Gasteiger charge is -2.23. The van der Waals surface area contributed by atoms with Crippen LogP contribution >= 0.6 is 0 Å². The summed E-state index contributed by atoms with van der Waals surface area (Å²) in [5.41, 5.74) is 2.26. The topological polar surface area (TPSA) is 32.3 Å². The minimum Gasteiger partial charge on any atom is -0.505 e. The van der Waals surface area contributed by atoms with Crippen LogP contribution in [0.15, 0.2) is 36.4 Å². The van der Waals surface area contributed by atoms with Gasteiger partial charge < -0.3 is 10.4 Å². The minimum atomic E-state index is -4.33. The Morgan fingerprint density at radius 1 is 1.00 bits per heavy atom. The van der Waals surface area contributed by atoms with E-state index < -0.39 is 11.7 Å². The van der Waals surface area contributed by atoms with E-state index >= 15 is 0 Å². The standard InChI is InChI=1S/C19H22F3NO/c1-12-9-15(18(2,3)4)17(24)16(10-12)23-11-13-5-7-14(8-6-13)19(20,21)22/h5-10,23-24H,11H2,1-4H3. The van der Waals surface area contributed by atoms with Crippen molar-refractivity contribution < 1.29 is 18.3 Å². The molecule has 2 aromatic carbocycles. The average molecular weight is 337 g/mol. The van der Waals surface area contributed by atoms with Crippen LogP contribution in [0.5, 0.6) is 5.75 Å². The second-order valence-corrected chi connectivity index (χ2v) is 7.01. The van der Waals surface area contributed by atoms with E-state index in [-0.39, 0.29) is 11.2 Å². The Morgan fingerprint density at radius 2 is 1.58 bits per heavy atom. The number of aromatic hydroxyl groups is 1. The maximum Gasteiger partial charge on any atom is 0.416 e. The molecule has 2 nitrogen and oxygen atoms in total. The van der Waals surface area contributed by atoms with Gasteiger partial charge in [0.15, 0.2) is 0 Å². The van der Waals surface area contributed by atoms with Gasteiger partial charge in [-0.25, -0.2) is 0 Å². The number of anilines is 1. The van der Waals surface area contributed by atoms with Crippen molar-refractivity contribution >= 4 is 5.69 Å². The zero-order valence-electron chi connectivity index (χ0n) is 14.3. The largest absolute Gasteiger partial charge is 0.505 e. The lowest BCUT2D eigenvalue weighted by molar-refractivity contribution is -0.137. The molecule has 0 saturated carbocycles. The molecule has 2 N–H and O–H groups in total. The van der Waals surface area contributed by atoms with E-state index in [1.807, 2.05) is 39.8 Å². The third-order valence-electron chi connectivity index (χ3n) is 3.83. The second-order valence-electron chi connectivity index (χ2n) is 7.01. The summed E-state index contributed by atoms with van der Waals surface area (Å²) in [5.74, 6) is 0.181. The van der Waals surface area contributed by atoms with Crippen LogP contribution in [0, 0.1) is 6.92 Å². The van der Waals surface area contributed by atoms with Crippen LogP contribution in [0.2, 0.25) is 0 Å². The molecule has 2 aromatic rings. The lowest BCUT2D eigenvalue weighted by atomic mass is 9.85. The molecule has 0 fully saturated rings. The van der Waals surface area contributed by atoms with E-state index in [1.165, 1.54) is 12.1 Å². The van der Waals surface area contributed by atoms with Gasteiger partial charge in [-0.05, 0) is 41.7 Å². The molecule has 24 heavy (non-hydrogen) atoms. The van der Waals surface area contributed by atoms with Crippen molar-refractivity contribution in [1.82, 2.24) is 0 Å². The van der Waals surface area contributed by atoms with Gasteiger partial charge in [0.05, 0.1) is 11.3 Å². The molecule has 130 valence electrons. The van der Waals surface area contributed by atoms with Crippen molar-refractivity contribution in [2.24, 2.45) is 0 Å². The van der Waals surface area contributed by atoms with Crippen LogP contribution in [-0.4, -0.2) is 5.11 Å². The molecule has 0 spiro atoms. The fraction of sp³-hybridized carbons (Fsp3) is 0.368. The summed E-state index contributed by atoms with van der Waals surface area (Å²) in [6, 6.07) is 8.77. The van der Waals surface area contributed by atoms with Crippen molar-refractivity contribution in [1.29, 1.82) is 0 Å². The molecule has 0 atom stereocenters. The monoisotopic (exact) mass is 337 g/mol. The first-order valence-corrected chi connectivity index (χ1v) is 7.72. The van der Waals surface area contributed by atoms with Gasteiger partial charge >= 0.3 is 6.18 Å². The maximum atomic E-state index is 12.6. The molecule has 0 saturated heterocycles. The van der Waals surface area contributed by atoms with E-state index in [0.29, 0.717) is 17.8 Å². The molecule has 5 heteroatoms. The second kappa shape index (κ2) is 6.38. The van der Waals surface area contributed by atoms with Crippen LogP contribution < -0.4 is 5.32 Å². The van der Waals surface area contributed by atoms with E-state index in [2.05, 4.69) is 5.32 Å². The normalized spacial score (nSPS) is 12.3. The Balaban J connectivity index is 2.19. The van der Waals surface area contributed by atoms with Crippen LogP contribution in [0.1, 0.15) is 43.0 Å².